The highest BCUT2D eigenvalue weighted by molar-refractivity contribution is 7.98. The van der Waals surface area contributed by atoms with Crippen LogP contribution in [0.25, 0.3) is 0 Å². The molecule has 0 saturated carbocycles. The van der Waals surface area contributed by atoms with E-state index in [1.54, 1.807) is 40.9 Å². The molecule has 35 heavy (non-hydrogen) atoms. The summed E-state index contributed by atoms with van der Waals surface area (Å²) in [6.45, 7) is 2.17. The molecule has 1 N–H and O–H groups in total. The summed E-state index contributed by atoms with van der Waals surface area (Å²) in [6.07, 6.45) is 1.81. The van der Waals surface area contributed by atoms with Gasteiger partial charge in [-0.25, -0.2) is 8.42 Å². The van der Waals surface area contributed by atoms with Crippen molar-refractivity contribution in [1.82, 2.24) is 10.2 Å². The number of nitrogens with one attached hydrogen (secondary N) is 1. The maximum atomic E-state index is 12.6. The lowest BCUT2D eigenvalue weighted by molar-refractivity contribution is -0.119. The first kappa shape index (κ1) is 27.3. The van der Waals surface area contributed by atoms with E-state index < -0.39 is 10.0 Å². The minimum atomic E-state index is -3.69. The Kier molecular flexibility index (Phi) is 10.3. The number of nitrogens with zero attached hydrogens (tertiary/aromatic N) is 2. The lowest BCUT2D eigenvalue weighted by Gasteiger charge is -2.27. The summed E-state index contributed by atoms with van der Waals surface area (Å²) < 4.78 is 31.0. The molecule has 2 amide bonds. The number of carbonyl (C=O) groups excluding carboxylic acids is 2. The Bertz CT molecular complexity index is 1110. The van der Waals surface area contributed by atoms with Gasteiger partial charge in [-0.2, -0.15) is 11.8 Å². The van der Waals surface area contributed by atoms with Crippen molar-refractivity contribution in [2.45, 2.75) is 12.2 Å². The summed E-state index contributed by atoms with van der Waals surface area (Å²) in [5, 5.41) is 3.50. The van der Waals surface area contributed by atoms with Crippen LogP contribution in [0, 0.1) is 0 Å². The van der Waals surface area contributed by atoms with Crippen LogP contribution in [0.5, 0.6) is 0 Å². The molecule has 0 unspecified atom stereocenters. The molecular weight excluding hydrogens is 510 g/mol. The number of benzene rings is 2. The number of hydrogen-bond donors (Lipinski definition) is 1. The predicted octanol–water partition coefficient (Wildman–Crippen LogP) is 3.02. The van der Waals surface area contributed by atoms with E-state index in [1.165, 1.54) is 0 Å². The summed E-state index contributed by atoms with van der Waals surface area (Å²) in [7, 11) is -3.69. The molecule has 11 heteroatoms. The summed E-state index contributed by atoms with van der Waals surface area (Å²) in [5.41, 5.74) is 1.94. The predicted molar refractivity (Wildman–Crippen MR) is 141 cm³/mol. The Morgan fingerprint density at radius 1 is 1.14 bits per heavy atom. The van der Waals surface area contributed by atoms with E-state index in [1.807, 2.05) is 24.3 Å². The van der Waals surface area contributed by atoms with E-state index >= 15 is 0 Å². The van der Waals surface area contributed by atoms with Crippen molar-refractivity contribution in [1.29, 1.82) is 0 Å². The smallest absolute Gasteiger partial charge is 0.254 e. The van der Waals surface area contributed by atoms with E-state index in [4.69, 9.17) is 16.3 Å². The van der Waals surface area contributed by atoms with Crippen LogP contribution in [-0.4, -0.2) is 76.5 Å². The zero-order valence-electron chi connectivity index (χ0n) is 19.6. The van der Waals surface area contributed by atoms with Crippen LogP contribution in [-0.2, 0) is 25.3 Å². The zero-order chi connectivity index (χ0) is 25.3. The number of sulfonamides is 1. The highest BCUT2D eigenvalue weighted by atomic mass is 35.5. The van der Waals surface area contributed by atoms with Crippen LogP contribution in [0.3, 0.4) is 0 Å². The molecule has 0 atom stereocenters. The van der Waals surface area contributed by atoms with Gasteiger partial charge in [-0.05, 0) is 54.1 Å². The summed E-state index contributed by atoms with van der Waals surface area (Å²) in [6, 6.07) is 14.0. The van der Waals surface area contributed by atoms with Crippen LogP contribution in [0.15, 0.2) is 48.5 Å². The molecule has 0 aromatic heterocycles. The molecule has 2 aromatic rings. The third-order valence-corrected chi connectivity index (χ3v) is 7.82. The second-order valence-electron chi connectivity index (χ2n) is 8.11. The fourth-order valence-electron chi connectivity index (χ4n) is 3.52. The standard InChI is InChI=1S/C24H30ClN3O5S2/c1-35(31,32)28(22-8-6-20(7-9-22)24(30)27-11-13-33-14-12-27)17-23(29)26-10-3-15-34-18-19-4-2-5-21(25)16-19/h2,4-9,16H,3,10-15,17-18H2,1H3,(H,26,29). The van der Waals surface area contributed by atoms with Gasteiger partial charge in [0.05, 0.1) is 25.2 Å². The van der Waals surface area contributed by atoms with E-state index in [0.29, 0.717) is 49.1 Å². The highest BCUT2D eigenvalue weighted by Crippen LogP contribution is 2.20. The number of rotatable bonds is 11. The van der Waals surface area contributed by atoms with Gasteiger partial charge in [0.15, 0.2) is 0 Å². The fraction of sp³-hybridized carbons (Fsp3) is 0.417. The summed E-state index contributed by atoms with van der Waals surface area (Å²) >= 11 is 7.73. The largest absolute Gasteiger partial charge is 0.378 e. The Hall–Kier alpha value is -2.27. The molecule has 1 aliphatic rings. The van der Waals surface area contributed by atoms with Crippen molar-refractivity contribution in [3.8, 4) is 0 Å². The normalized spacial score (nSPS) is 13.9. The van der Waals surface area contributed by atoms with Gasteiger partial charge in [0, 0.05) is 36.0 Å². The average Bonchev–Trinajstić information content (AvgIpc) is 2.84. The van der Waals surface area contributed by atoms with Gasteiger partial charge < -0.3 is 15.0 Å². The average molecular weight is 540 g/mol. The van der Waals surface area contributed by atoms with Gasteiger partial charge >= 0.3 is 0 Å². The third-order valence-electron chi connectivity index (χ3n) is 5.33. The molecule has 8 nitrogen and oxygen atoms in total. The molecule has 0 spiro atoms. The number of ether oxygens (including phenoxy) is 1. The van der Waals surface area contributed by atoms with Crippen molar-refractivity contribution >= 4 is 50.9 Å². The maximum Gasteiger partial charge on any atom is 0.254 e. The molecule has 0 bridgehead atoms. The number of amides is 2. The monoisotopic (exact) mass is 539 g/mol. The van der Waals surface area contributed by atoms with Crippen molar-refractivity contribution in [3.63, 3.8) is 0 Å². The number of thioether (sulfide) groups is 1. The summed E-state index contributed by atoms with van der Waals surface area (Å²) in [5.74, 6) is 1.17. The van der Waals surface area contributed by atoms with E-state index in [9.17, 15) is 18.0 Å². The zero-order valence-corrected chi connectivity index (χ0v) is 22.0. The van der Waals surface area contributed by atoms with Gasteiger partial charge in [0.1, 0.15) is 6.54 Å². The SMILES string of the molecule is CS(=O)(=O)N(CC(=O)NCCCSCc1cccc(Cl)c1)c1ccc(C(=O)N2CCOCC2)cc1. The van der Waals surface area contributed by atoms with Crippen LogP contribution < -0.4 is 9.62 Å². The molecule has 0 aliphatic carbocycles. The lowest BCUT2D eigenvalue weighted by atomic mass is 10.1. The van der Waals surface area contributed by atoms with Crippen molar-refractivity contribution in [3.05, 3.63) is 64.7 Å². The topological polar surface area (TPSA) is 96.0 Å². The van der Waals surface area contributed by atoms with Crippen molar-refractivity contribution < 1.29 is 22.7 Å². The van der Waals surface area contributed by atoms with Crippen molar-refractivity contribution in [2.24, 2.45) is 0 Å². The molecule has 1 saturated heterocycles. The lowest BCUT2D eigenvalue weighted by Crippen LogP contribution is -2.41. The maximum absolute atomic E-state index is 12.6. The van der Waals surface area contributed by atoms with Crippen LogP contribution in [0.4, 0.5) is 5.69 Å². The fourth-order valence-corrected chi connectivity index (χ4v) is 5.50. The first-order chi connectivity index (χ1) is 16.7. The third kappa shape index (κ3) is 8.71. The van der Waals surface area contributed by atoms with Gasteiger partial charge in [0.25, 0.3) is 5.91 Å². The number of carbonyl (C=O) groups is 2. The van der Waals surface area contributed by atoms with Crippen LogP contribution in [0.2, 0.25) is 5.02 Å². The molecular formula is C24H30ClN3O5S2. The van der Waals surface area contributed by atoms with Gasteiger partial charge in [0.2, 0.25) is 15.9 Å². The summed E-state index contributed by atoms with van der Waals surface area (Å²) in [4.78, 5) is 26.7. The minimum absolute atomic E-state index is 0.128. The first-order valence-corrected chi connectivity index (χ1v) is 14.7. The molecule has 0 radical (unpaired) electrons. The van der Waals surface area contributed by atoms with Crippen LogP contribution in [0.1, 0.15) is 22.3 Å². The number of halogens is 1. The Morgan fingerprint density at radius 2 is 1.86 bits per heavy atom. The Balaban J connectivity index is 1.47. The van der Waals surface area contributed by atoms with E-state index in [-0.39, 0.29) is 18.4 Å². The van der Waals surface area contributed by atoms with E-state index in [0.717, 1.165) is 34.1 Å². The molecule has 3 rings (SSSR count). The first-order valence-electron chi connectivity index (χ1n) is 11.3. The Morgan fingerprint density at radius 3 is 2.51 bits per heavy atom. The van der Waals surface area contributed by atoms with Gasteiger partial charge in [-0.15, -0.1) is 0 Å². The van der Waals surface area contributed by atoms with Gasteiger partial charge in [-0.1, -0.05) is 23.7 Å². The number of anilines is 1. The van der Waals surface area contributed by atoms with Crippen molar-refractivity contribution in [2.75, 3.05) is 55.7 Å². The van der Waals surface area contributed by atoms with E-state index in [2.05, 4.69) is 5.32 Å². The highest BCUT2D eigenvalue weighted by Gasteiger charge is 2.22. The van der Waals surface area contributed by atoms with Crippen LogP contribution >= 0.6 is 23.4 Å². The molecule has 1 heterocycles. The molecule has 2 aromatic carbocycles. The van der Waals surface area contributed by atoms with Gasteiger partial charge in [-0.3, -0.25) is 13.9 Å². The molecule has 190 valence electrons. The minimum Gasteiger partial charge on any atom is -0.378 e. The molecule has 1 aliphatic heterocycles. The molecule has 1 fully saturated rings. The number of hydrogen-bond acceptors (Lipinski definition) is 6. The quantitative estimate of drug-likeness (QED) is 0.441. The second-order valence-corrected chi connectivity index (χ2v) is 11.6. The number of morpholine rings is 1. The second kappa shape index (κ2) is 13.2. The Labute approximate surface area is 216 Å².